The third-order valence-corrected chi connectivity index (χ3v) is 4.41. The fraction of sp³-hybridized carbons (Fsp3) is 0.609. The molecule has 1 rings (SSSR count). The van der Waals surface area contributed by atoms with Gasteiger partial charge in [-0.05, 0) is 38.7 Å². The van der Waals surface area contributed by atoms with Gasteiger partial charge in [-0.25, -0.2) is 0 Å². The first kappa shape index (κ1) is 24.7. The van der Waals surface area contributed by atoms with Gasteiger partial charge in [0.2, 0.25) is 11.8 Å². The number of amides is 2. The van der Waals surface area contributed by atoms with Crippen LogP contribution in [0.25, 0.3) is 0 Å². The SMILES string of the molecule is CCCN(CCC)C(=O)CCCC(=O)NC(CC(=O)OC(C)C)c1ccccc1. The summed E-state index contributed by atoms with van der Waals surface area (Å²) >= 11 is 0. The van der Waals surface area contributed by atoms with Crippen LogP contribution in [0, 0.1) is 0 Å². The van der Waals surface area contributed by atoms with Crippen LogP contribution in [0.15, 0.2) is 30.3 Å². The highest BCUT2D eigenvalue weighted by molar-refractivity contribution is 5.80. The van der Waals surface area contributed by atoms with Gasteiger partial charge in [0.1, 0.15) is 0 Å². The summed E-state index contributed by atoms with van der Waals surface area (Å²) in [6, 6.07) is 8.95. The Kier molecular flexibility index (Phi) is 11.7. The maximum Gasteiger partial charge on any atom is 0.308 e. The summed E-state index contributed by atoms with van der Waals surface area (Å²) in [6.45, 7) is 9.21. The van der Waals surface area contributed by atoms with Crippen LogP contribution in [-0.2, 0) is 19.1 Å². The van der Waals surface area contributed by atoms with Gasteiger partial charge in [-0.3, -0.25) is 14.4 Å². The van der Waals surface area contributed by atoms with Gasteiger partial charge in [0.05, 0.1) is 18.6 Å². The zero-order valence-corrected chi connectivity index (χ0v) is 18.3. The monoisotopic (exact) mass is 404 g/mol. The molecule has 0 spiro atoms. The summed E-state index contributed by atoms with van der Waals surface area (Å²) in [5.41, 5.74) is 0.856. The van der Waals surface area contributed by atoms with Crippen molar-refractivity contribution in [1.29, 1.82) is 0 Å². The Morgan fingerprint density at radius 2 is 1.62 bits per heavy atom. The van der Waals surface area contributed by atoms with Gasteiger partial charge in [0.15, 0.2) is 0 Å². The smallest absolute Gasteiger partial charge is 0.308 e. The molecule has 29 heavy (non-hydrogen) atoms. The molecule has 6 heteroatoms. The van der Waals surface area contributed by atoms with Crippen LogP contribution in [0.4, 0.5) is 0 Å². The maximum absolute atomic E-state index is 12.4. The average molecular weight is 405 g/mol. The second kappa shape index (κ2) is 13.7. The first-order valence-electron chi connectivity index (χ1n) is 10.7. The fourth-order valence-corrected chi connectivity index (χ4v) is 3.14. The third kappa shape index (κ3) is 10.1. The Morgan fingerprint density at radius 3 is 2.17 bits per heavy atom. The molecule has 0 fully saturated rings. The van der Waals surface area contributed by atoms with Crippen molar-refractivity contribution in [3.05, 3.63) is 35.9 Å². The van der Waals surface area contributed by atoms with Gasteiger partial charge in [0, 0.05) is 25.9 Å². The van der Waals surface area contributed by atoms with E-state index in [0.717, 1.165) is 31.5 Å². The Balaban J connectivity index is 2.59. The van der Waals surface area contributed by atoms with E-state index in [4.69, 9.17) is 4.74 Å². The minimum atomic E-state index is -0.442. The average Bonchev–Trinajstić information content (AvgIpc) is 2.67. The number of benzene rings is 1. The molecule has 0 aliphatic carbocycles. The van der Waals surface area contributed by atoms with Gasteiger partial charge in [-0.15, -0.1) is 0 Å². The summed E-state index contributed by atoms with van der Waals surface area (Å²) in [4.78, 5) is 38.7. The largest absolute Gasteiger partial charge is 0.463 e. The molecule has 162 valence electrons. The van der Waals surface area contributed by atoms with E-state index in [1.165, 1.54) is 0 Å². The molecule has 0 radical (unpaired) electrons. The maximum atomic E-state index is 12.4. The highest BCUT2D eigenvalue weighted by Gasteiger charge is 2.20. The van der Waals surface area contributed by atoms with Gasteiger partial charge < -0.3 is 15.0 Å². The number of carbonyl (C=O) groups excluding carboxylic acids is 3. The van der Waals surface area contributed by atoms with Crippen molar-refractivity contribution in [2.75, 3.05) is 13.1 Å². The predicted octanol–water partition coefficient (Wildman–Crippen LogP) is 4.00. The molecule has 0 bridgehead atoms. The Labute approximate surface area is 175 Å². The number of carbonyl (C=O) groups is 3. The summed E-state index contributed by atoms with van der Waals surface area (Å²) in [5.74, 6) is -0.415. The number of nitrogens with zero attached hydrogens (tertiary/aromatic N) is 1. The first-order chi connectivity index (χ1) is 13.9. The zero-order valence-electron chi connectivity index (χ0n) is 18.3. The van der Waals surface area contributed by atoms with Crippen molar-refractivity contribution in [3.8, 4) is 0 Å². The van der Waals surface area contributed by atoms with E-state index in [2.05, 4.69) is 19.2 Å². The third-order valence-electron chi connectivity index (χ3n) is 4.41. The summed E-state index contributed by atoms with van der Waals surface area (Å²) in [6.07, 6.45) is 2.84. The molecule has 1 aromatic carbocycles. The van der Waals surface area contributed by atoms with E-state index >= 15 is 0 Å². The second-order valence-electron chi connectivity index (χ2n) is 7.51. The number of hydrogen-bond acceptors (Lipinski definition) is 4. The quantitative estimate of drug-likeness (QED) is 0.504. The van der Waals surface area contributed by atoms with Crippen molar-refractivity contribution in [3.63, 3.8) is 0 Å². The first-order valence-corrected chi connectivity index (χ1v) is 10.7. The lowest BCUT2D eigenvalue weighted by molar-refractivity contribution is -0.148. The Bertz CT molecular complexity index is 625. The lowest BCUT2D eigenvalue weighted by Crippen LogP contribution is -2.33. The number of esters is 1. The molecule has 0 saturated heterocycles. The van der Waals surface area contributed by atoms with Crippen LogP contribution >= 0.6 is 0 Å². The molecule has 0 aliphatic rings. The lowest BCUT2D eigenvalue weighted by Gasteiger charge is -2.22. The number of hydrogen-bond donors (Lipinski definition) is 1. The second-order valence-corrected chi connectivity index (χ2v) is 7.51. The highest BCUT2D eigenvalue weighted by Crippen LogP contribution is 2.18. The van der Waals surface area contributed by atoms with Crippen LogP contribution < -0.4 is 5.32 Å². The van der Waals surface area contributed by atoms with E-state index in [1.54, 1.807) is 13.8 Å². The van der Waals surface area contributed by atoms with Crippen molar-refractivity contribution < 1.29 is 19.1 Å². The minimum absolute atomic E-state index is 0.0770. The van der Waals surface area contributed by atoms with Gasteiger partial charge >= 0.3 is 5.97 Å². The van der Waals surface area contributed by atoms with E-state index in [1.807, 2.05) is 35.2 Å². The van der Waals surface area contributed by atoms with Crippen molar-refractivity contribution in [1.82, 2.24) is 10.2 Å². The molecule has 1 aromatic rings. The predicted molar refractivity (Wildman–Crippen MR) is 114 cm³/mol. The number of ether oxygens (including phenoxy) is 1. The van der Waals surface area contributed by atoms with Gasteiger partial charge in [0.25, 0.3) is 0 Å². The molecule has 2 amide bonds. The molecule has 6 nitrogen and oxygen atoms in total. The molecule has 1 unspecified atom stereocenters. The molecular formula is C23H36N2O4. The van der Waals surface area contributed by atoms with E-state index in [9.17, 15) is 14.4 Å². The molecule has 0 aliphatic heterocycles. The standard InChI is InChI=1S/C23H36N2O4/c1-5-15-25(16-6-2)22(27)14-10-13-21(26)24-20(17-23(28)29-18(3)4)19-11-8-7-9-12-19/h7-9,11-12,18,20H,5-6,10,13-17H2,1-4H3,(H,24,26). The van der Waals surface area contributed by atoms with Crippen molar-refractivity contribution >= 4 is 17.8 Å². The van der Waals surface area contributed by atoms with Crippen molar-refractivity contribution in [2.45, 2.75) is 78.4 Å². The van der Waals surface area contributed by atoms with E-state index in [-0.39, 0.29) is 36.7 Å². The number of nitrogens with one attached hydrogen (secondary N) is 1. The minimum Gasteiger partial charge on any atom is -0.463 e. The number of rotatable bonds is 13. The van der Waals surface area contributed by atoms with Gasteiger partial charge in [-0.2, -0.15) is 0 Å². The topological polar surface area (TPSA) is 75.7 Å². The normalized spacial score (nSPS) is 11.8. The molecule has 1 N–H and O–H groups in total. The van der Waals surface area contributed by atoms with Crippen LogP contribution in [-0.4, -0.2) is 41.9 Å². The van der Waals surface area contributed by atoms with E-state index in [0.29, 0.717) is 12.8 Å². The Morgan fingerprint density at radius 1 is 1.00 bits per heavy atom. The van der Waals surface area contributed by atoms with Gasteiger partial charge in [-0.1, -0.05) is 44.2 Å². The lowest BCUT2D eigenvalue weighted by atomic mass is 10.0. The summed E-state index contributed by atoms with van der Waals surface area (Å²) < 4.78 is 5.23. The van der Waals surface area contributed by atoms with Crippen LogP contribution in [0.2, 0.25) is 0 Å². The van der Waals surface area contributed by atoms with E-state index < -0.39 is 6.04 Å². The molecular weight excluding hydrogens is 368 g/mol. The molecule has 0 aromatic heterocycles. The molecule has 1 atom stereocenters. The van der Waals surface area contributed by atoms with Crippen LogP contribution in [0.3, 0.4) is 0 Å². The summed E-state index contributed by atoms with van der Waals surface area (Å²) in [5, 5.41) is 2.93. The molecule has 0 saturated carbocycles. The fourth-order valence-electron chi connectivity index (χ4n) is 3.14. The summed E-state index contributed by atoms with van der Waals surface area (Å²) in [7, 11) is 0. The van der Waals surface area contributed by atoms with Crippen LogP contribution in [0.1, 0.15) is 77.8 Å². The Hall–Kier alpha value is -2.37. The van der Waals surface area contributed by atoms with Crippen LogP contribution in [0.5, 0.6) is 0 Å². The van der Waals surface area contributed by atoms with Crippen molar-refractivity contribution in [2.24, 2.45) is 0 Å². The molecule has 0 heterocycles. The zero-order chi connectivity index (χ0) is 21.6. The highest BCUT2D eigenvalue weighted by atomic mass is 16.5.